The van der Waals surface area contributed by atoms with Gasteiger partial charge in [0.2, 0.25) is 0 Å². The minimum atomic E-state index is -0.0273. The van der Waals surface area contributed by atoms with Crippen LogP contribution in [-0.2, 0) is 0 Å². The second kappa shape index (κ2) is 4.84. The van der Waals surface area contributed by atoms with Gasteiger partial charge in [0.05, 0.1) is 18.3 Å². The normalized spacial score (nSPS) is 12.8. The van der Waals surface area contributed by atoms with E-state index in [-0.39, 0.29) is 12.6 Å². The standard InChI is InChI=1S/C10H18N4O/c1-6(2)8(5-15)13-9-4-3-7(11)10(12)14-9/h3-4,6,8,15H,5,11H2,1-2H3,(H3,12,13,14). The molecule has 0 bridgehead atoms. The fourth-order valence-corrected chi connectivity index (χ4v) is 1.18. The van der Waals surface area contributed by atoms with Gasteiger partial charge in [0, 0.05) is 0 Å². The summed E-state index contributed by atoms with van der Waals surface area (Å²) in [7, 11) is 0. The summed E-state index contributed by atoms with van der Waals surface area (Å²) in [6, 6.07) is 3.41. The molecule has 15 heavy (non-hydrogen) atoms. The molecule has 1 atom stereocenters. The van der Waals surface area contributed by atoms with Crippen LogP contribution in [0.4, 0.5) is 17.3 Å². The molecule has 5 heteroatoms. The van der Waals surface area contributed by atoms with Gasteiger partial charge in [-0.25, -0.2) is 4.98 Å². The number of nitrogens with two attached hydrogens (primary N) is 2. The van der Waals surface area contributed by atoms with E-state index in [0.717, 1.165) is 0 Å². The van der Waals surface area contributed by atoms with E-state index >= 15 is 0 Å². The third-order valence-corrected chi connectivity index (χ3v) is 2.29. The van der Waals surface area contributed by atoms with Crippen LogP contribution in [0.2, 0.25) is 0 Å². The van der Waals surface area contributed by atoms with Crippen LogP contribution >= 0.6 is 0 Å². The number of aliphatic hydroxyl groups is 1. The summed E-state index contributed by atoms with van der Waals surface area (Å²) < 4.78 is 0. The molecule has 0 aliphatic carbocycles. The van der Waals surface area contributed by atoms with Crippen LogP contribution in [-0.4, -0.2) is 22.7 Å². The van der Waals surface area contributed by atoms with Gasteiger partial charge in [0.1, 0.15) is 11.6 Å². The molecule has 0 aromatic carbocycles. The fourth-order valence-electron chi connectivity index (χ4n) is 1.18. The lowest BCUT2D eigenvalue weighted by Crippen LogP contribution is -2.29. The van der Waals surface area contributed by atoms with Crippen LogP contribution in [0.15, 0.2) is 12.1 Å². The summed E-state index contributed by atoms with van der Waals surface area (Å²) in [6.45, 7) is 4.10. The van der Waals surface area contributed by atoms with Crippen LogP contribution in [0.5, 0.6) is 0 Å². The van der Waals surface area contributed by atoms with E-state index in [4.69, 9.17) is 16.6 Å². The van der Waals surface area contributed by atoms with Crippen LogP contribution in [0, 0.1) is 5.92 Å². The quantitative estimate of drug-likeness (QED) is 0.585. The average Bonchev–Trinajstić information content (AvgIpc) is 2.19. The zero-order valence-corrected chi connectivity index (χ0v) is 9.07. The predicted molar refractivity (Wildman–Crippen MR) is 62.4 cm³/mol. The van der Waals surface area contributed by atoms with Crippen LogP contribution < -0.4 is 16.8 Å². The number of aromatic nitrogens is 1. The second-order valence-corrected chi connectivity index (χ2v) is 3.85. The first-order chi connectivity index (χ1) is 7.04. The number of nitrogens with one attached hydrogen (secondary N) is 1. The maximum atomic E-state index is 9.14. The lowest BCUT2D eigenvalue weighted by Gasteiger charge is -2.20. The van der Waals surface area contributed by atoms with Gasteiger partial charge in [-0.1, -0.05) is 13.8 Å². The first-order valence-electron chi connectivity index (χ1n) is 4.94. The van der Waals surface area contributed by atoms with Gasteiger partial charge in [-0.3, -0.25) is 0 Å². The van der Waals surface area contributed by atoms with Crippen molar-refractivity contribution in [3.8, 4) is 0 Å². The summed E-state index contributed by atoms with van der Waals surface area (Å²) in [5.74, 6) is 1.26. The average molecular weight is 210 g/mol. The van der Waals surface area contributed by atoms with Crippen molar-refractivity contribution in [1.29, 1.82) is 0 Å². The number of hydrogen-bond donors (Lipinski definition) is 4. The minimum absolute atomic E-state index is 0.0273. The summed E-state index contributed by atoms with van der Waals surface area (Å²) in [4.78, 5) is 4.07. The highest BCUT2D eigenvalue weighted by Crippen LogP contribution is 2.16. The van der Waals surface area contributed by atoms with Crippen molar-refractivity contribution in [3.63, 3.8) is 0 Å². The van der Waals surface area contributed by atoms with E-state index in [1.165, 1.54) is 0 Å². The Kier molecular flexibility index (Phi) is 3.74. The van der Waals surface area contributed by atoms with E-state index < -0.39 is 0 Å². The number of nitrogens with zero attached hydrogens (tertiary/aromatic N) is 1. The van der Waals surface area contributed by atoms with Crippen molar-refractivity contribution in [2.45, 2.75) is 19.9 Å². The number of hydrogen-bond acceptors (Lipinski definition) is 5. The van der Waals surface area contributed by atoms with Crippen molar-refractivity contribution in [2.24, 2.45) is 5.92 Å². The summed E-state index contributed by atoms with van der Waals surface area (Å²) in [5, 5.41) is 12.2. The van der Waals surface area contributed by atoms with Gasteiger partial charge in [0.15, 0.2) is 0 Å². The fraction of sp³-hybridized carbons (Fsp3) is 0.500. The molecule has 6 N–H and O–H groups in total. The molecule has 0 aliphatic rings. The van der Waals surface area contributed by atoms with Crippen molar-refractivity contribution < 1.29 is 5.11 Å². The van der Waals surface area contributed by atoms with Crippen LogP contribution in [0.3, 0.4) is 0 Å². The molecule has 1 heterocycles. The third kappa shape index (κ3) is 2.99. The van der Waals surface area contributed by atoms with E-state index in [1.807, 2.05) is 13.8 Å². The Morgan fingerprint density at radius 3 is 2.53 bits per heavy atom. The van der Waals surface area contributed by atoms with E-state index in [0.29, 0.717) is 23.2 Å². The molecular weight excluding hydrogens is 192 g/mol. The number of pyridine rings is 1. The molecular formula is C10H18N4O. The van der Waals surface area contributed by atoms with Crippen molar-refractivity contribution in [3.05, 3.63) is 12.1 Å². The molecule has 0 saturated carbocycles. The maximum Gasteiger partial charge on any atom is 0.149 e. The number of aliphatic hydroxyl groups excluding tert-OH is 1. The van der Waals surface area contributed by atoms with Gasteiger partial charge in [-0.15, -0.1) is 0 Å². The molecule has 1 rings (SSSR count). The van der Waals surface area contributed by atoms with E-state index in [1.54, 1.807) is 12.1 Å². The lowest BCUT2D eigenvalue weighted by atomic mass is 10.1. The molecule has 0 aliphatic heterocycles. The molecule has 84 valence electrons. The molecule has 0 saturated heterocycles. The molecule has 5 nitrogen and oxygen atoms in total. The summed E-state index contributed by atoms with van der Waals surface area (Å²) in [5.41, 5.74) is 11.6. The van der Waals surface area contributed by atoms with Crippen molar-refractivity contribution in [2.75, 3.05) is 23.4 Å². The van der Waals surface area contributed by atoms with Crippen LogP contribution in [0.1, 0.15) is 13.8 Å². The van der Waals surface area contributed by atoms with Gasteiger partial charge >= 0.3 is 0 Å². The smallest absolute Gasteiger partial charge is 0.149 e. The lowest BCUT2D eigenvalue weighted by molar-refractivity contribution is 0.249. The topological polar surface area (TPSA) is 97.2 Å². The minimum Gasteiger partial charge on any atom is -0.396 e. The Balaban J connectivity index is 2.75. The molecule has 1 unspecified atom stereocenters. The van der Waals surface area contributed by atoms with E-state index in [2.05, 4.69) is 10.3 Å². The zero-order valence-electron chi connectivity index (χ0n) is 9.07. The summed E-state index contributed by atoms with van der Waals surface area (Å²) in [6.07, 6.45) is 0. The molecule has 0 amide bonds. The highest BCUT2D eigenvalue weighted by molar-refractivity contribution is 5.61. The molecule has 0 radical (unpaired) electrons. The Labute approximate surface area is 89.5 Å². The Morgan fingerprint density at radius 2 is 2.07 bits per heavy atom. The Hall–Kier alpha value is -1.49. The first kappa shape index (κ1) is 11.6. The largest absolute Gasteiger partial charge is 0.396 e. The van der Waals surface area contributed by atoms with Gasteiger partial charge in [-0.2, -0.15) is 0 Å². The maximum absolute atomic E-state index is 9.14. The van der Waals surface area contributed by atoms with Gasteiger partial charge in [-0.05, 0) is 18.1 Å². The van der Waals surface area contributed by atoms with Gasteiger partial charge in [0.25, 0.3) is 0 Å². The molecule has 0 fully saturated rings. The van der Waals surface area contributed by atoms with E-state index in [9.17, 15) is 0 Å². The third-order valence-electron chi connectivity index (χ3n) is 2.29. The zero-order chi connectivity index (χ0) is 11.4. The predicted octanol–water partition coefficient (Wildman–Crippen LogP) is 0.675. The number of anilines is 3. The summed E-state index contributed by atoms with van der Waals surface area (Å²) >= 11 is 0. The number of nitrogen functional groups attached to an aromatic ring is 2. The Morgan fingerprint density at radius 1 is 1.40 bits per heavy atom. The Bertz CT molecular complexity index is 327. The van der Waals surface area contributed by atoms with Crippen LogP contribution in [0.25, 0.3) is 0 Å². The second-order valence-electron chi connectivity index (χ2n) is 3.85. The molecule has 0 spiro atoms. The highest BCUT2D eigenvalue weighted by Gasteiger charge is 2.12. The van der Waals surface area contributed by atoms with Crippen molar-refractivity contribution in [1.82, 2.24) is 4.98 Å². The molecule has 1 aromatic rings. The molecule has 1 aromatic heterocycles. The van der Waals surface area contributed by atoms with Crippen molar-refractivity contribution >= 4 is 17.3 Å². The highest BCUT2D eigenvalue weighted by atomic mass is 16.3. The van der Waals surface area contributed by atoms with Gasteiger partial charge < -0.3 is 21.9 Å². The SMILES string of the molecule is CC(C)C(CO)Nc1ccc(N)c(N)n1. The monoisotopic (exact) mass is 210 g/mol. The first-order valence-corrected chi connectivity index (χ1v) is 4.94. The number of rotatable bonds is 4.